The molecule has 0 bridgehead atoms. The van der Waals surface area contributed by atoms with Gasteiger partial charge in [-0.2, -0.15) is 0 Å². The molecule has 3 N–H and O–H groups in total. The third-order valence-electron chi connectivity index (χ3n) is 1.42. The Bertz CT molecular complexity index is 228. The Kier molecular flexibility index (Phi) is 2.54. The van der Waals surface area contributed by atoms with E-state index in [0.29, 0.717) is 6.42 Å². The average Bonchev–Trinajstić information content (AvgIpc) is 2.52. The summed E-state index contributed by atoms with van der Waals surface area (Å²) in [6.07, 6.45) is 4.44. The lowest BCUT2D eigenvalue weighted by atomic mass is 10.4. The molecule has 0 aliphatic rings. The van der Waals surface area contributed by atoms with Crippen molar-refractivity contribution in [1.29, 1.82) is 0 Å². The lowest BCUT2D eigenvalue weighted by molar-refractivity contribution is 0.316. The second-order valence-electron chi connectivity index (χ2n) is 2.26. The van der Waals surface area contributed by atoms with Crippen molar-refractivity contribution in [2.75, 3.05) is 0 Å². The van der Waals surface area contributed by atoms with Crippen LogP contribution in [0.3, 0.4) is 0 Å². The van der Waals surface area contributed by atoms with Gasteiger partial charge >= 0.3 is 0 Å². The quantitative estimate of drug-likeness (QED) is 0.289. The van der Waals surface area contributed by atoms with Crippen molar-refractivity contribution in [2.45, 2.75) is 13.0 Å². The highest BCUT2D eigenvalue weighted by Crippen LogP contribution is 1.92. The maximum atomic E-state index is 8.22. The van der Waals surface area contributed by atoms with Crippen molar-refractivity contribution < 1.29 is 5.21 Å². The van der Waals surface area contributed by atoms with Crippen LogP contribution in [0.25, 0.3) is 0 Å². The molecule has 0 saturated heterocycles. The first kappa shape index (κ1) is 7.65. The maximum absolute atomic E-state index is 8.22. The summed E-state index contributed by atoms with van der Waals surface area (Å²) in [5.41, 5.74) is 5.28. The summed E-state index contributed by atoms with van der Waals surface area (Å²) in [4.78, 5) is 0. The van der Waals surface area contributed by atoms with Gasteiger partial charge in [0.2, 0.25) is 0 Å². The van der Waals surface area contributed by atoms with Crippen molar-refractivity contribution in [3.63, 3.8) is 0 Å². The van der Waals surface area contributed by atoms with Crippen molar-refractivity contribution in [3.8, 4) is 0 Å². The molecule has 0 aliphatic heterocycles. The van der Waals surface area contributed by atoms with Crippen LogP contribution in [0.1, 0.15) is 6.42 Å². The third-order valence-corrected chi connectivity index (χ3v) is 1.42. The maximum Gasteiger partial charge on any atom is 0.140 e. The van der Waals surface area contributed by atoms with Gasteiger partial charge in [-0.3, -0.25) is 0 Å². The van der Waals surface area contributed by atoms with Crippen LogP contribution in [0.4, 0.5) is 0 Å². The number of amidine groups is 1. The molecule has 60 valence electrons. The Hall–Kier alpha value is -1.45. The number of nitrogens with two attached hydrogens (primary N) is 1. The van der Waals surface area contributed by atoms with Gasteiger partial charge in [0.15, 0.2) is 0 Å². The van der Waals surface area contributed by atoms with E-state index in [1.54, 1.807) is 0 Å². The largest absolute Gasteiger partial charge is 0.409 e. The van der Waals surface area contributed by atoms with Crippen molar-refractivity contribution in [1.82, 2.24) is 4.57 Å². The van der Waals surface area contributed by atoms with Gasteiger partial charge in [-0.1, -0.05) is 5.16 Å². The van der Waals surface area contributed by atoms with E-state index >= 15 is 0 Å². The molecule has 0 spiro atoms. The minimum Gasteiger partial charge on any atom is -0.409 e. The first-order valence-corrected chi connectivity index (χ1v) is 3.40. The van der Waals surface area contributed by atoms with Gasteiger partial charge in [-0.15, -0.1) is 0 Å². The van der Waals surface area contributed by atoms with E-state index < -0.39 is 0 Å². The molecular weight excluding hydrogens is 142 g/mol. The lowest BCUT2D eigenvalue weighted by Crippen LogP contribution is -2.14. The summed E-state index contributed by atoms with van der Waals surface area (Å²) in [6.45, 7) is 0.753. The topological polar surface area (TPSA) is 63.5 Å². The van der Waals surface area contributed by atoms with Crippen LogP contribution >= 0.6 is 0 Å². The Morgan fingerprint density at radius 1 is 1.45 bits per heavy atom. The molecule has 11 heavy (non-hydrogen) atoms. The van der Waals surface area contributed by atoms with E-state index in [-0.39, 0.29) is 5.84 Å². The fourth-order valence-corrected chi connectivity index (χ4v) is 0.813. The Morgan fingerprint density at radius 2 is 2.09 bits per heavy atom. The third kappa shape index (κ3) is 2.33. The standard InChI is InChI=1S/C7H11N3O/c8-7(9-11)3-6-10-4-1-2-5-10/h1-2,4-5,11H,3,6H2,(H2,8,9). The first-order chi connectivity index (χ1) is 5.33. The molecule has 1 heterocycles. The van der Waals surface area contributed by atoms with Crippen LogP contribution in [0, 0.1) is 0 Å². The van der Waals surface area contributed by atoms with Crippen LogP contribution < -0.4 is 5.73 Å². The number of hydrogen-bond acceptors (Lipinski definition) is 2. The molecule has 0 saturated carbocycles. The summed E-state index contributed by atoms with van der Waals surface area (Å²) in [6, 6.07) is 3.87. The molecule has 1 rings (SSSR count). The highest BCUT2D eigenvalue weighted by Gasteiger charge is 1.92. The summed E-state index contributed by atoms with van der Waals surface area (Å²) in [5.74, 6) is 0.263. The SMILES string of the molecule is N/C(CCn1cccc1)=N/O. The summed E-state index contributed by atoms with van der Waals surface area (Å²) < 4.78 is 1.97. The molecule has 4 heteroatoms. The molecule has 0 unspecified atom stereocenters. The Morgan fingerprint density at radius 3 is 2.64 bits per heavy atom. The number of nitrogens with zero attached hydrogens (tertiary/aromatic N) is 2. The van der Waals surface area contributed by atoms with E-state index in [1.165, 1.54) is 0 Å². The van der Waals surface area contributed by atoms with Crippen LogP contribution in [0.5, 0.6) is 0 Å². The van der Waals surface area contributed by atoms with Crippen LogP contribution in [-0.2, 0) is 6.54 Å². The molecule has 1 aromatic heterocycles. The monoisotopic (exact) mass is 153 g/mol. The Balaban J connectivity index is 2.35. The van der Waals surface area contributed by atoms with Crippen LogP contribution in [0.2, 0.25) is 0 Å². The van der Waals surface area contributed by atoms with E-state index in [1.807, 2.05) is 29.1 Å². The van der Waals surface area contributed by atoms with E-state index in [4.69, 9.17) is 10.9 Å². The molecule has 0 aromatic carbocycles. The van der Waals surface area contributed by atoms with Crippen LogP contribution in [-0.4, -0.2) is 15.6 Å². The molecule has 0 amide bonds. The Labute approximate surface area is 64.9 Å². The van der Waals surface area contributed by atoms with Crippen molar-refractivity contribution in [2.24, 2.45) is 10.9 Å². The number of rotatable bonds is 3. The number of hydrogen-bond donors (Lipinski definition) is 2. The molecule has 0 radical (unpaired) electrons. The zero-order chi connectivity index (χ0) is 8.10. The minimum atomic E-state index is 0.263. The van der Waals surface area contributed by atoms with E-state index in [2.05, 4.69) is 5.16 Å². The first-order valence-electron chi connectivity index (χ1n) is 3.40. The summed E-state index contributed by atoms with van der Waals surface area (Å²) in [5, 5.41) is 11.1. The second kappa shape index (κ2) is 3.65. The number of aromatic nitrogens is 1. The molecule has 4 nitrogen and oxygen atoms in total. The fourth-order valence-electron chi connectivity index (χ4n) is 0.813. The highest BCUT2D eigenvalue weighted by molar-refractivity contribution is 5.79. The van der Waals surface area contributed by atoms with Crippen LogP contribution in [0.15, 0.2) is 29.7 Å². The normalized spacial score (nSPS) is 11.8. The van der Waals surface area contributed by atoms with E-state index in [0.717, 1.165) is 6.54 Å². The van der Waals surface area contributed by atoms with Gasteiger partial charge in [0, 0.05) is 25.4 Å². The fraction of sp³-hybridized carbons (Fsp3) is 0.286. The molecule has 0 fully saturated rings. The predicted molar refractivity (Wildman–Crippen MR) is 42.5 cm³/mol. The van der Waals surface area contributed by atoms with Gasteiger partial charge < -0.3 is 15.5 Å². The van der Waals surface area contributed by atoms with E-state index in [9.17, 15) is 0 Å². The summed E-state index contributed by atoms with van der Waals surface area (Å²) in [7, 11) is 0. The highest BCUT2D eigenvalue weighted by atomic mass is 16.4. The minimum absolute atomic E-state index is 0.263. The average molecular weight is 153 g/mol. The summed E-state index contributed by atoms with van der Waals surface area (Å²) >= 11 is 0. The molecular formula is C7H11N3O. The number of oxime groups is 1. The van der Waals surface area contributed by atoms with Gasteiger partial charge in [0.1, 0.15) is 5.84 Å². The predicted octanol–water partition coefficient (Wildman–Crippen LogP) is 0.625. The molecule has 1 aromatic rings. The zero-order valence-corrected chi connectivity index (χ0v) is 6.14. The molecule has 0 aliphatic carbocycles. The second-order valence-corrected chi connectivity index (χ2v) is 2.26. The lowest BCUT2D eigenvalue weighted by Gasteiger charge is -1.99. The van der Waals surface area contributed by atoms with Gasteiger partial charge in [-0.05, 0) is 12.1 Å². The van der Waals surface area contributed by atoms with Gasteiger partial charge in [0.05, 0.1) is 0 Å². The zero-order valence-electron chi connectivity index (χ0n) is 6.14. The van der Waals surface area contributed by atoms with Gasteiger partial charge in [-0.25, -0.2) is 0 Å². The smallest absolute Gasteiger partial charge is 0.140 e. The molecule has 0 atom stereocenters. The van der Waals surface area contributed by atoms with Crippen molar-refractivity contribution in [3.05, 3.63) is 24.5 Å². The van der Waals surface area contributed by atoms with Crippen molar-refractivity contribution >= 4 is 5.84 Å². The number of aryl methyl sites for hydroxylation is 1. The van der Waals surface area contributed by atoms with Gasteiger partial charge in [0.25, 0.3) is 0 Å².